The number of halogens is 2. The van der Waals surface area contributed by atoms with Crippen LogP contribution < -0.4 is 5.32 Å². The number of hydrogen-bond acceptors (Lipinski definition) is 3. The summed E-state index contributed by atoms with van der Waals surface area (Å²) >= 11 is 12.2. The van der Waals surface area contributed by atoms with Gasteiger partial charge in [0.05, 0.1) is 0 Å². The smallest absolute Gasteiger partial charge is 0.410 e. The van der Waals surface area contributed by atoms with Crippen LogP contribution in [0, 0.1) is 0 Å². The lowest BCUT2D eigenvalue weighted by molar-refractivity contribution is -0.117. The van der Waals surface area contributed by atoms with Gasteiger partial charge in [-0.2, -0.15) is 0 Å². The molecule has 0 saturated carbocycles. The van der Waals surface area contributed by atoms with Gasteiger partial charge in [-0.15, -0.1) is 0 Å². The second kappa shape index (κ2) is 8.78. The molecule has 0 aliphatic carbocycles. The van der Waals surface area contributed by atoms with E-state index >= 15 is 0 Å². The Hall–Kier alpha value is -1.72. The lowest BCUT2D eigenvalue weighted by Gasteiger charge is -2.33. The molecule has 1 aliphatic heterocycles. The summed E-state index contributed by atoms with van der Waals surface area (Å²) in [7, 11) is 0. The van der Waals surface area contributed by atoms with Crippen molar-refractivity contribution in [1.82, 2.24) is 10.2 Å². The number of piperidine rings is 1. The molecule has 0 bridgehead atoms. The summed E-state index contributed by atoms with van der Waals surface area (Å²) in [5, 5.41) is 3.93. The minimum atomic E-state index is -0.507. The topological polar surface area (TPSA) is 58.6 Å². The third-order valence-corrected chi connectivity index (χ3v) is 4.55. The lowest BCUT2D eigenvalue weighted by atomic mass is 10.1. The molecule has 26 heavy (non-hydrogen) atoms. The highest BCUT2D eigenvalue weighted by atomic mass is 35.5. The van der Waals surface area contributed by atoms with E-state index in [2.05, 4.69) is 5.32 Å². The van der Waals surface area contributed by atoms with Crippen LogP contribution in [-0.2, 0) is 9.53 Å². The van der Waals surface area contributed by atoms with Crippen molar-refractivity contribution in [2.45, 2.75) is 45.3 Å². The maximum atomic E-state index is 12.1. The Labute approximate surface area is 164 Å². The number of amides is 2. The Morgan fingerprint density at radius 3 is 2.31 bits per heavy atom. The van der Waals surface area contributed by atoms with Crippen molar-refractivity contribution in [3.8, 4) is 0 Å². The second-order valence-corrected chi connectivity index (χ2v) is 8.03. The third kappa shape index (κ3) is 6.22. The molecule has 0 atom stereocenters. The normalized spacial score (nSPS) is 16.0. The summed E-state index contributed by atoms with van der Waals surface area (Å²) in [5.41, 5.74) is 0.109. The van der Waals surface area contributed by atoms with Gasteiger partial charge in [-0.25, -0.2) is 4.79 Å². The number of carbonyl (C=O) groups excluding carboxylic acids is 2. The van der Waals surface area contributed by atoms with Crippen molar-refractivity contribution in [1.29, 1.82) is 0 Å². The van der Waals surface area contributed by atoms with Crippen LogP contribution in [0.2, 0.25) is 10.0 Å². The molecule has 0 spiro atoms. The van der Waals surface area contributed by atoms with E-state index in [1.54, 1.807) is 29.2 Å². The van der Waals surface area contributed by atoms with Crippen LogP contribution in [-0.4, -0.2) is 41.6 Å². The molecule has 1 fully saturated rings. The average molecular weight is 399 g/mol. The molecular formula is C19H24Cl2N2O3. The first-order chi connectivity index (χ1) is 12.2. The van der Waals surface area contributed by atoms with Crippen LogP contribution >= 0.6 is 23.2 Å². The number of nitrogens with zero attached hydrogens (tertiary/aromatic N) is 1. The highest BCUT2D eigenvalue weighted by Crippen LogP contribution is 2.25. The Bertz CT molecular complexity index is 670. The van der Waals surface area contributed by atoms with Gasteiger partial charge < -0.3 is 15.0 Å². The molecule has 2 amide bonds. The van der Waals surface area contributed by atoms with Crippen LogP contribution in [0.3, 0.4) is 0 Å². The summed E-state index contributed by atoms with van der Waals surface area (Å²) < 4.78 is 5.37. The van der Waals surface area contributed by atoms with Gasteiger partial charge in [0.15, 0.2) is 0 Å². The van der Waals surface area contributed by atoms with E-state index in [1.165, 1.54) is 6.08 Å². The van der Waals surface area contributed by atoms with Gasteiger partial charge in [-0.1, -0.05) is 29.3 Å². The summed E-state index contributed by atoms with van der Waals surface area (Å²) in [6.07, 6.45) is 4.09. The van der Waals surface area contributed by atoms with E-state index in [9.17, 15) is 9.59 Å². The van der Waals surface area contributed by atoms with Crippen molar-refractivity contribution in [2.75, 3.05) is 13.1 Å². The number of nitrogens with one attached hydrogen (secondary N) is 1. The fourth-order valence-electron chi connectivity index (χ4n) is 2.61. The fraction of sp³-hybridized carbons (Fsp3) is 0.474. The van der Waals surface area contributed by atoms with Crippen LogP contribution in [0.15, 0.2) is 24.3 Å². The predicted octanol–water partition coefficient (Wildman–Crippen LogP) is 4.52. The molecule has 142 valence electrons. The molecule has 5 nitrogen and oxygen atoms in total. The van der Waals surface area contributed by atoms with Gasteiger partial charge in [0.2, 0.25) is 5.91 Å². The zero-order valence-corrected chi connectivity index (χ0v) is 16.7. The molecule has 0 radical (unpaired) electrons. The highest BCUT2D eigenvalue weighted by molar-refractivity contribution is 6.37. The maximum Gasteiger partial charge on any atom is 0.410 e. The Balaban J connectivity index is 1.83. The van der Waals surface area contributed by atoms with E-state index in [0.717, 1.165) is 0 Å². The van der Waals surface area contributed by atoms with Crippen molar-refractivity contribution >= 4 is 41.3 Å². The fourth-order valence-corrected chi connectivity index (χ4v) is 3.13. The zero-order valence-electron chi connectivity index (χ0n) is 15.2. The Morgan fingerprint density at radius 1 is 1.19 bits per heavy atom. The molecule has 1 N–H and O–H groups in total. The quantitative estimate of drug-likeness (QED) is 0.761. The molecule has 0 unspecified atom stereocenters. The molecule has 7 heteroatoms. The van der Waals surface area contributed by atoms with E-state index in [-0.39, 0.29) is 18.0 Å². The zero-order chi connectivity index (χ0) is 19.3. The summed E-state index contributed by atoms with van der Waals surface area (Å²) in [6.45, 7) is 6.64. The van der Waals surface area contributed by atoms with Gasteiger partial charge >= 0.3 is 6.09 Å². The number of carbonyl (C=O) groups is 2. The number of ether oxygens (including phenoxy) is 1. The molecule has 1 aliphatic rings. The minimum absolute atomic E-state index is 0.0209. The van der Waals surface area contributed by atoms with Crippen LogP contribution in [0.1, 0.15) is 39.2 Å². The Morgan fingerprint density at radius 2 is 1.77 bits per heavy atom. The number of likely N-dealkylation sites (tertiary alicyclic amines) is 1. The largest absolute Gasteiger partial charge is 0.444 e. The molecule has 1 heterocycles. The monoisotopic (exact) mass is 398 g/mol. The maximum absolute atomic E-state index is 12.1. The summed E-state index contributed by atoms with van der Waals surface area (Å²) in [4.78, 5) is 25.8. The Kier molecular flexibility index (Phi) is 6.95. The van der Waals surface area contributed by atoms with Crippen molar-refractivity contribution in [3.63, 3.8) is 0 Å². The van der Waals surface area contributed by atoms with Gasteiger partial charge in [0, 0.05) is 40.8 Å². The van der Waals surface area contributed by atoms with Crippen molar-refractivity contribution in [2.24, 2.45) is 0 Å². The predicted molar refractivity (Wildman–Crippen MR) is 104 cm³/mol. The lowest BCUT2D eigenvalue weighted by Crippen LogP contribution is -2.47. The average Bonchev–Trinajstić information content (AvgIpc) is 2.53. The molecular weight excluding hydrogens is 375 g/mol. The molecule has 1 aromatic carbocycles. The van der Waals surface area contributed by atoms with Crippen LogP contribution in [0.5, 0.6) is 0 Å². The van der Waals surface area contributed by atoms with Crippen molar-refractivity contribution in [3.05, 3.63) is 39.9 Å². The molecule has 1 aromatic rings. The molecule has 1 saturated heterocycles. The van der Waals surface area contributed by atoms with Gasteiger partial charge in [0.1, 0.15) is 5.60 Å². The highest BCUT2D eigenvalue weighted by Gasteiger charge is 2.27. The van der Waals surface area contributed by atoms with Crippen molar-refractivity contribution < 1.29 is 14.3 Å². The first kappa shape index (κ1) is 20.6. The third-order valence-electron chi connectivity index (χ3n) is 3.89. The standard InChI is InChI=1S/C19H24Cl2N2O3/c1-19(2,3)26-18(25)23-11-9-13(10-12-23)22-17(24)8-7-14-15(20)5-4-6-16(14)21/h4-8,13H,9-12H2,1-3H3,(H,22,24)/b8-7+. The van der Waals surface area contributed by atoms with Crippen LogP contribution in [0.25, 0.3) is 6.08 Å². The van der Waals surface area contributed by atoms with Gasteiger partial charge in [-0.05, 0) is 51.8 Å². The first-order valence-electron chi connectivity index (χ1n) is 8.56. The van der Waals surface area contributed by atoms with E-state index < -0.39 is 5.60 Å². The molecule has 2 rings (SSSR count). The summed E-state index contributed by atoms with van der Waals surface area (Å²) in [5.74, 6) is -0.211. The number of rotatable bonds is 3. The minimum Gasteiger partial charge on any atom is -0.444 e. The van der Waals surface area contributed by atoms with E-state index in [4.69, 9.17) is 27.9 Å². The van der Waals surface area contributed by atoms with Crippen LogP contribution in [0.4, 0.5) is 4.79 Å². The SMILES string of the molecule is CC(C)(C)OC(=O)N1CCC(NC(=O)/C=C/c2c(Cl)cccc2Cl)CC1. The van der Waals surface area contributed by atoms with Gasteiger partial charge in [-0.3, -0.25) is 4.79 Å². The van der Waals surface area contributed by atoms with E-state index in [1.807, 2.05) is 20.8 Å². The van der Waals surface area contributed by atoms with Gasteiger partial charge in [0.25, 0.3) is 0 Å². The number of benzene rings is 1. The van der Waals surface area contributed by atoms with E-state index in [0.29, 0.717) is 41.5 Å². The second-order valence-electron chi connectivity index (χ2n) is 7.22. The molecule has 0 aromatic heterocycles. The first-order valence-corrected chi connectivity index (χ1v) is 9.32. The number of hydrogen-bond donors (Lipinski definition) is 1. The summed E-state index contributed by atoms with van der Waals surface area (Å²) in [6, 6.07) is 5.21.